The number of halogens is 1. The van der Waals surface area contributed by atoms with Gasteiger partial charge in [-0.05, 0) is 34.8 Å². The van der Waals surface area contributed by atoms with Crippen molar-refractivity contribution in [3.63, 3.8) is 0 Å². The molecule has 1 aromatic carbocycles. The van der Waals surface area contributed by atoms with E-state index in [9.17, 15) is 18.3 Å². The Morgan fingerprint density at radius 1 is 1.32 bits per heavy atom. The molecule has 1 atom stereocenters. The van der Waals surface area contributed by atoms with E-state index in [4.69, 9.17) is 9.47 Å². The third-order valence-corrected chi connectivity index (χ3v) is 6.38. The minimum atomic E-state index is -3.95. The average Bonchev–Trinajstić information content (AvgIpc) is 2.97. The molecule has 0 unspecified atom stereocenters. The van der Waals surface area contributed by atoms with Gasteiger partial charge in [0.25, 0.3) is 0 Å². The van der Waals surface area contributed by atoms with Crippen LogP contribution in [0.3, 0.4) is 0 Å². The van der Waals surface area contributed by atoms with Gasteiger partial charge in [-0.1, -0.05) is 0 Å². The number of sulfonamides is 1. The van der Waals surface area contributed by atoms with Crippen LogP contribution < -0.4 is 9.47 Å². The highest BCUT2D eigenvalue weighted by Gasteiger charge is 2.40. The Hall–Kier alpha value is -1.32. The minimum absolute atomic E-state index is 0.0432. The molecule has 9 heteroatoms. The van der Waals surface area contributed by atoms with Gasteiger partial charge in [0.05, 0.1) is 14.2 Å². The van der Waals surface area contributed by atoms with E-state index in [1.807, 2.05) is 0 Å². The molecule has 1 aromatic rings. The van der Waals surface area contributed by atoms with E-state index >= 15 is 0 Å². The van der Waals surface area contributed by atoms with Crippen molar-refractivity contribution in [2.45, 2.75) is 23.8 Å². The maximum Gasteiger partial charge on any atom is 0.322 e. The number of ether oxygens (including phenoxy) is 2. The standard InChI is InChI=1S/C13H16BrNO6S/c1-20-10-6-8(14)12(7-11(10)21-2)22(18,19)15-5-3-4-9(15)13(16)17/h6-7,9H,3-5H2,1-2H3,(H,16,17)/t9-/m0/s1. The molecule has 22 heavy (non-hydrogen) atoms. The molecule has 1 heterocycles. The fourth-order valence-corrected chi connectivity index (χ4v) is 5.08. The number of carboxylic acids is 1. The van der Waals surface area contributed by atoms with Crippen LogP contribution in [-0.4, -0.2) is 50.6 Å². The summed E-state index contributed by atoms with van der Waals surface area (Å²) in [5.41, 5.74) is 0. The predicted molar refractivity (Wildman–Crippen MR) is 81.8 cm³/mol. The summed E-state index contributed by atoms with van der Waals surface area (Å²) in [6.45, 7) is 0.181. The highest BCUT2D eigenvalue weighted by atomic mass is 79.9. The molecule has 1 aliphatic heterocycles. The van der Waals surface area contributed by atoms with Crippen molar-refractivity contribution >= 4 is 31.9 Å². The normalized spacial score (nSPS) is 19.1. The topological polar surface area (TPSA) is 93.1 Å². The van der Waals surface area contributed by atoms with Crippen molar-refractivity contribution in [3.05, 3.63) is 16.6 Å². The summed E-state index contributed by atoms with van der Waals surface area (Å²) in [7, 11) is -1.11. The Bertz CT molecular complexity index is 690. The molecule has 1 N–H and O–H groups in total. The molecular weight excluding hydrogens is 378 g/mol. The zero-order chi connectivity index (χ0) is 16.5. The average molecular weight is 394 g/mol. The number of hydrogen-bond acceptors (Lipinski definition) is 5. The van der Waals surface area contributed by atoms with Crippen LogP contribution >= 0.6 is 15.9 Å². The Balaban J connectivity index is 2.52. The van der Waals surface area contributed by atoms with Gasteiger partial charge in [-0.25, -0.2) is 8.42 Å². The van der Waals surface area contributed by atoms with Crippen LogP contribution in [0.1, 0.15) is 12.8 Å². The molecule has 1 saturated heterocycles. The summed E-state index contributed by atoms with van der Waals surface area (Å²) in [5, 5.41) is 9.18. The van der Waals surface area contributed by atoms with E-state index in [2.05, 4.69) is 15.9 Å². The third kappa shape index (κ3) is 2.92. The lowest BCUT2D eigenvalue weighted by Crippen LogP contribution is -2.40. The summed E-state index contributed by atoms with van der Waals surface area (Å²) in [6, 6.07) is 1.78. The molecule has 1 fully saturated rings. The molecule has 0 aromatic heterocycles. The van der Waals surface area contributed by atoms with Gasteiger partial charge in [-0.15, -0.1) is 0 Å². The second kappa shape index (κ2) is 6.43. The van der Waals surface area contributed by atoms with Crippen molar-refractivity contribution in [1.29, 1.82) is 0 Å². The van der Waals surface area contributed by atoms with Gasteiger partial charge in [-0.2, -0.15) is 4.31 Å². The number of aliphatic carboxylic acids is 1. The van der Waals surface area contributed by atoms with Gasteiger partial charge < -0.3 is 14.6 Å². The fraction of sp³-hybridized carbons (Fsp3) is 0.462. The summed E-state index contributed by atoms with van der Waals surface area (Å²) in [4.78, 5) is 11.2. The molecule has 0 saturated carbocycles. The first kappa shape index (κ1) is 17.0. The SMILES string of the molecule is COc1cc(Br)c(S(=O)(=O)N2CCC[C@H]2C(=O)O)cc1OC. The van der Waals surface area contributed by atoms with Gasteiger partial charge in [0.1, 0.15) is 10.9 Å². The largest absolute Gasteiger partial charge is 0.493 e. The fourth-order valence-electron chi connectivity index (χ4n) is 2.43. The van der Waals surface area contributed by atoms with E-state index < -0.39 is 22.0 Å². The molecule has 7 nitrogen and oxygen atoms in total. The first-order valence-electron chi connectivity index (χ1n) is 6.49. The van der Waals surface area contributed by atoms with Crippen molar-refractivity contribution in [2.75, 3.05) is 20.8 Å². The number of rotatable bonds is 5. The van der Waals surface area contributed by atoms with Crippen molar-refractivity contribution in [3.8, 4) is 11.5 Å². The van der Waals surface area contributed by atoms with Gasteiger partial charge in [0.2, 0.25) is 10.0 Å². The lowest BCUT2D eigenvalue weighted by atomic mass is 10.2. The summed E-state index contributed by atoms with van der Waals surface area (Å²) in [5.74, 6) is -0.502. The summed E-state index contributed by atoms with van der Waals surface area (Å²) in [6.07, 6.45) is 0.820. The second-order valence-electron chi connectivity index (χ2n) is 4.75. The first-order valence-corrected chi connectivity index (χ1v) is 8.72. The van der Waals surface area contributed by atoms with Crippen LogP contribution in [-0.2, 0) is 14.8 Å². The van der Waals surface area contributed by atoms with Gasteiger partial charge in [0.15, 0.2) is 11.5 Å². The molecule has 0 radical (unpaired) electrons. The minimum Gasteiger partial charge on any atom is -0.493 e. The van der Waals surface area contributed by atoms with E-state index in [1.165, 1.54) is 26.4 Å². The Morgan fingerprint density at radius 3 is 2.45 bits per heavy atom. The quantitative estimate of drug-likeness (QED) is 0.817. The first-order chi connectivity index (χ1) is 10.3. The van der Waals surface area contributed by atoms with Crippen molar-refractivity contribution < 1.29 is 27.8 Å². The summed E-state index contributed by atoms with van der Waals surface area (Å²) >= 11 is 3.20. The van der Waals surface area contributed by atoms with Crippen LogP contribution in [0.25, 0.3) is 0 Å². The molecule has 122 valence electrons. The lowest BCUT2D eigenvalue weighted by molar-refractivity contribution is -0.140. The van der Waals surface area contributed by atoms with Crippen LogP contribution in [0.5, 0.6) is 11.5 Å². The van der Waals surface area contributed by atoms with Crippen molar-refractivity contribution in [2.24, 2.45) is 0 Å². The molecule has 0 aliphatic carbocycles. The number of hydrogen-bond donors (Lipinski definition) is 1. The predicted octanol–water partition coefficient (Wildman–Crippen LogP) is 1.70. The van der Waals surface area contributed by atoms with Crippen LogP contribution in [0.2, 0.25) is 0 Å². The molecule has 0 spiro atoms. The lowest BCUT2D eigenvalue weighted by Gasteiger charge is -2.22. The van der Waals surface area contributed by atoms with Crippen LogP contribution in [0.4, 0.5) is 0 Å². The maximum absolute atomic E-state index is 12.8. The molecule has 2 rings (SSSR count). The van der Waals surface area contributed by atoms with E-state index in [1.54, 1.807) is 0 Å². The number of nitrogens with zero attached hydrogens (tertiary/aromatic N) is 1. The Labute approximate surface area is 137 Å². The number of methoxy groups -OCH3 is 2. The molecule has 1 aliphatic rings. The van der Waals surface area contributed by atoms with Crippen LogP contribution in [0, 0.1) is 0 Å². The number of benzene rings is 1. The van der Waals surface area contributed by atoms with Gasteiger partial charge in [-0.3, -0.25) is 4.79 Å². The van der Waals surface area contributed by atoms with Gasteiger partial charge >= 0.3 is 5.97 Å². The molecule has 0 bridgehead atoms. The van der Waals surface area contributed by atoms with E-state index in [0.29, 0.717) is 23.1 Å². The van der Waals surface area contributed by atoms with E-state index in [-0.39, 0.29) is 17.2 Å². The zero-order valence-corrected chi connectivity index (χ0v) is 14.5. The molecule has 0 amide bonds. The summed E-state index contributed by atoms with van der Waals surface area (Å²) < 4.78 is 37.1. The van der Waals surface area contributed by atoms with Gasteiger partial charge in [0, 0.05) is 17.1 Å². The Kier molecular flexibility index (Phi) is 4.98. The monoisotopic (exact) mass is 393 g/mol. The smallest absolute Gasteiger partial charge is 0.322 e. The highest BCUT2D eigenvalue weighted by molar-refractivity contribution is 9.10. The highest BCUT2D eigenvalue weighted by Crippen LogP contribution is 2.38. The third-order valence-electron chi connectivity index (χ3n) is 3.51. The second-order valence-corrected chi connectivity index (χ2v) is 7.46. The Morgan fingerprint density at radius 2 is 1.91 bits per heavy atom. The number of carboxylic acid groups (broad SMARTS) is 1. The van der Waals surface area contributed by atoms with Crippen LogP contribution in [0.15, 0.2) is 21.5 Å². The zero-order valence-electron chi connectivity index (χ0n) is 12.1. The van der Waals surface area contributed by atoms with E-state index in [0.717, 1.165) is 4.31 Å². The number of carbonyl (C=O) groups is 1. The van der Waals surface area contributed by atoms with Crippen molar-refractivity contribution in [1.82, 2.24) is 4.31 Å². The maximum atomic E-state index is 12.8. The molecular formula is C13H16BrNO6S.